The van der Waals surface area contributed by atoms with E-state index in [1.54, 1.807) is 0 Å². The maximum absolute atomic E-state index is 3.56. The van der Waals surface area contributed by atoms with Gasteiger partial charge in [-0.05, 0) is 25.6 Å². The van der Waals surface area contributed by atoms with Gasteiger partial charge in [-0.15, -0.1) is 0 Å². The van der Waals surface area contributed by atoms with Crippen molar-refractivity contribution < 1.29 is 0 Å². The van der Waals surface area contributed by atoms with Gasteiger partial charge in [-0.3, -0.25) is 0 Å². The second kappa shape index (κ2) is 7.42. The maximum atomic E-state index is 3.56. The van der Waals surface area contributed by atoms with Crippen LogP contribution >= 0.6 is 0 Å². The molecule has 1 N–H and O–H groups in total. The van der Waals surface area contributed by atoms with Crippen LogP contribution in [0.15, 0.2) is 30.3 Å². The van der Waals surface area contributed by atoms with Crippen molar-refractivity contribution in [1.82, 2.24) is 10.2 Å². The van der Waals surface area contributed by atoms with Crippen LogP contribution in [0.4, 0.5) is 0 Å². The molecule has 90 valence electrons. The molecule has 0 spiro atoms. The van der Waals surface area contributed by atoms with Gasteiger partial charge in [-0.2, -0.15) is 0 Å². The van der Waals surface area contributed by atoms with E-state index in [4.69, 9.17) is 0 Å². The Kier molecular flexibility index (Phi) is 6.12. The van der Waals surface area contributed by atoms with Crippen molar-refractivity contribution in [2.24, 2.45) is 0 Å². The first kappa shape index (κ1) is 13.2. The van der Waals surface area contributed by atoms with Gasteiger partial charge in [-0.25, -0.2) is 0 Å². The summed E-state index contributed by atoms with van der Waals surface area (Å²) in [5.41, 5.74) is 1.36. The van der Waals surface area contributed by atoms with Gasteiger partial charge in [0, 0.05) is 19.1 Å². The SMILES string of the molecule is CCN(CC)CCN[C@@H](C)c1ccccc1. The molecule has 0 saturated carbocycles. The van der Waals surface area contributed by atoms with Gasteiger partial charge in [-0.1, -0.05) is 44.2 Å². The number of rotatable bonds is 7. The van der Waals surface area contributed by atoms with Crippen LogP contribution in [-0.2, 0) is 0 Å². The van der Waals surface area contributed by atoms with Crippen molar-refractivity contribution in [2.75, 3.05) is 26.2 Å². The van der Waals surface area contributed by atoms with E-state index in [-0.39, 0.29) is 0 Å². The van der Waals surface area contributed by atoms with E-state index >= 15 is 0 Å². The van der Waals surface area contributed by atoms with Crippen LogP contribution < -0.4 is 5.32 Å². The van der Waals surface area contributed by atoms with E-state index < -0.39 is 0 Å². The highest BCUT2D eigenvalue weighted by atomic mass is 15.1. The summed E-state index contributed by atoms with van der Waals surface area (Å²) in [5, 5.41) is 3.56. The molecular weight excluding hydrogens is 196 g/mol. The predicted octanol–water partition coefficient (Wildman–Crippen LogP) is 2.68. The average molecular weight is 220 g/mol. The summed E-state index contributed by atoms with van der Waals surface area (Å²) in [6.45, 7) is 11.1. The van der Waals surface area contributed by atoms with Crippen LogP contribution in [0.1, 0.15) is 32.4 Å². The Morgan fingerprint density at radius 2 is 1.75 bits per heavy atom. The zero-order valence-corrected chi connectivity index (χ0v) is 10.7. The molecule has 2 heteroatoms. The van der Waals surface area contributed by atoms with Gasteiger partial charge in [0.15, 0.2) is 0 Å². The predicted molar refractivity (Wildman–Crippen MR) is 70.6 cm³/mol. The minimum atomic E-state index is 0.441. The molecule has 0 saturated heterocycles. The largest absolute Gasteiger partial charge is 0.309 e. The molecule has 1 rings (SSSR count). The van der Waals surface area contributed by atoms with Crippen molar-refractivity contribution >= 4 is 0 Å². The van der Waals surface area contributed by atoms with Gasteiger partial charge < -0.3 is 10.2 Å². The van der Waals surface area contributed by atoms with Crippen LogP contribution in [0.25, 0.3) is 0 Å². The summed E-state index contributed by atoms with van der Waals surface area (Å²) >= 11 is 0. The number of benzene rings is 1. The lowest BCUT2D eigenvalue weighted by molar-refractivity contribution is 0.298. The summed E-state index contributed by atoms with van der Waals surface area (Å²) < 4.78 is 0. The lowest BCUT2D eigenvalue weighted by Gasteiger charge is -2.20. The molecule has 0 bridgehead atoms. The molecule has 0 heterocycles. The van der Waals surface area contributed by atoms with Crippen LogP contribution in [0.2, 0.25) is 0 Å². The van der Waals surface area contributed by atoms with Gasteiger partial charge in [0.25, 0.3) is 0 Å². The lowest BCUT2D eigenvalue weighted by atomic mass is 10.1. The molecule has 0 amide bonds. The van der Waals surface area contributed by atoms with Gasteiger partial charge >= 0.3 is 0 Å². The average Bonchev–Trinajstić information content (AvgIpc) is 2.35. The third kappa shape index (κ3) is 4.33. The maximum Gasteiger partial charge on any atom is 0.0292 e. The van der Waals surface area contributed by atoms with Gasteiger partial charge in [0.05, 0.1) is 0 Å². The van der Waals surface area contributed by atoms with Crippen LogP contribution in [0.3, 0.4) is 0 Å². The molecule has 0 aliphatic heterocycles. The molecule has 16 heavy (non-hydrogen) atoms. The van der Waals surface area contributed by atoms with Crippen LogP contribution in [0, 0.1) is 0 Å². The summed E-state index contributed by atoms with van der Waals surface area (Å²) in [6, 6.07) is 11.0. The van der Waals surface area contributed by atoms with Gasteiger partial charge in [0.2, 0.25) is 0 Å². The molecule has 1 aromatic rings. The summed E-state index contributed by atoms with van der Waals surface area (Å²) in [4.78, 5) is 2.44. The summed E-state index contributed by atoms with van der Waals surface area (Å²) in [6.07, 6.45) is 0. The molecule has 0 radical (unpaired) electrons. The normalized spacial score (nSPS) is 13.0. The first-order valence-corrected chi connectivity index (χ1v) is 6.28. The second-order valence-electron chi connectivity index (χ2n) is 4.11. The Morgan fingerprint density at radius 1 is 1.12 bits per heavy atom. The molecule has 2 nitrogen and oxygen atoms in total. The molecule has 0 fully saturated rings. The van der Waals surface area contributed by atoms with E-state index in [1.165, 1.54) is 5.56 Å². The summed E-state index contributed by atoms with van der Waals surface area (Å²) in [7, 11) is 0. The summed E-state index contributed by atoms with van der Waals surface area (Å²) in [5.74, 6) is 0. The van der Waals surface area contributed by atoms with Crippen LogP contribution in [-0.4, -0.2) is 31.1 Å². The molecular formula is C14H24N2. The number of nitrogens with one attached hydrogen (secondary N) is 1. The Hall–Kier alpha value is -0.860. The van der Waals surface area contributed by atoms with Crippen molar-refractivity contribution in [2.45, 2.75) is 26.8 Å². The van der Waals surface area contributed by atoms with Crippen molar-refractivity contribution in [3.8, 4) is 0 Å². The highest BCUT2D eigenvalue weighted by molar-refractivity contribution is 5.17. The highest BCUT2D eigenvalue weighted by Gasteiger charge is 2.04. The molecule has 1 aromatic carbocycles. The molecule has 0 unspecified atom stereocenters. The zero-order valence-electron chi connectivity index (χ0n) is 10.7. The molecule has 0 aliphatic rings. The highest BCUT2D eigenvalue weighted by Crippen LogP contribution is 2.10. The first-order chi connectivity index (χ1) is 7.77. The second-order valence-corrected chi connectivity index (χ2v) is 4.11. The number of nitrogens with zero attached hydrogens (tertiary/aromatic N) is 1. The molecule has 0 aromatic heterocycles. The number of hydrogen-bond donors (Lipinski definition) is 1. The fourth-order valence-corrected chi connectivity index (χ4v) is 1.84. The van der Waals surface area contributed by atoms with Crippen molar-refractivity contribution in [1.29, 1.82) is 0 Å². The smallest absolute Gasteiger partial charge is 0.0292 e. The van der Waals surface area contributed by atoms with Crippen molar-refractivity contribution in [3.63, 3.8) is 0 Å². The fourth-order valence-electron chi connectivity index (χ4n) is 1.84. The number of likely N-dealkylation sites (N-methyl/N-ethyl adjacent to an activating group) is 1. The quantitative estimate of drug-likeness (QED) is 0.760. The van der Waals surface area contributed by atoms with E-state index in [0.29, 0.717) is 6.04 Å². The number of hydrogen-bond acceptors (Lipinski definition) is 2. The zero-order chi connectivity index (χ0) is 11.8. The van der Waals surface area contributed by atoms with Crippen LogP contribution in [0.5, 0.6) is 0 Å². The van der Waals surface area contributed by atoms with E-state index in [1.807, 2.05) is 0 Å². The molecule has 0 aliphatic carbocycles. The standard InChI is InChI=1S/C14H24N2/c1-4-16(5-2)12-11-15-13(3)14-9-7-6-8-10-14/h6-10,13,15H,4-5,11-12H2,1-3H3/t13-/m0/s1. The minimum Gasteiger partial charge on any atom is -0.309 e. The monoisotopic (exact) mass is 220 g/mol. The Bertz CT molecular complexity index is 267. The van der Waals surface area contributed by atoms with Gasteiger partial charge in [0.1, 0.15) is 0 Å². The Balaban J connectivity index is 2.28. The fraction of sp³-hybridized carbons (Fsp3) is 0.571. The molecule has 1 atom stereocenters. The Morgan fingerprint density at radius 3 is 2.31 bits per heavy atom. The van der Waals surface area contributed by atoms with E-state index in [0.717, 1.165) is 26.2 Å². The lowest BCUT2D eigenvalue weighted by Crippen LogP contribution is -2.32. The first-order valence-electron chi connectivity index (χ1n) is 6.28. The minimum absolute atomic E-state index is 0.441. The van der Waals surface area contributed by atoms with E-state index in [2.05, 4.69) is 61.3 Å². The topological polar surface area (TPSA) is 15.3 Å². The van der Waals surface area contributed by atoms with E-state index in [9.17, 15) is 0 Å². The third-order valence-electron chi connectivity index (χ3n) is 3.07. The Labute approximate surface area is 99.7 Å². The van der Waals surface area contributed by atoms with Crippen molar-refractivity contribution in [3.05, 3.63) is 35.9 Å². The third-order valence-corrected chi connectivity index (χ3v) is 3.07.